The highest BCUT2D eigenvalue weighted by Gasteiger charge is 2.20. The molecule has 9 heteroatoms. The summed E-state index contributed by atoms with van der Waals surface area (Å²) >= 11 is 1.13. The van der Waals surface area contributed by atoms with E-state index in [0.29, 0.717) is 15.6 Å². The molecule has 0 saturated heterocycles. The van der Waals surface area contributed by atoms with Crippen molar-refractivity contribution in [2.24, 2.45) is 7.05 Å². The lowest BCUT2D eigenvalue weighted by Gasteiger charge is -2.07. The van der Waals surface area contributed by atoms with E-state index < -0.39 is 10.9 Å². The molecule has 0 aliphatic carbocycles. The molecule has 0 atom stereocenters. The third kappa shape index (κ3) is 2.62. The molecular weight excluding hydrogens is 284 g/mol. The molecule has 1 N–H and O–H groups in total. The number of rotatable bonds is 4. The van der Waals surface area contributed by atoms with Crippen LogP contribution in [0.15, 0.2) is 28.5 Å². The Morgan fingerprint density at radius 1 is 1.50 bits per heavy atom. The summed E-state index contributed by atoms with van der Waals surface area (Å²) < 4.78 is 1.64. The molecule has 104 valence electrons. The minimum Gasteiger partial charge on any atom is -0.478 e. The van der Waals surface area contributed by atoms with Crippen LogP contribution >= 0.6 is 11.8 Å². The Morgan fingerprint density at radius 2 is 2.20 bits per heavy atom. The first kappa shape index (κ1) is 14.0. The zero-order valence-corrected chi connectivity index (χ0v) is 11.4. The molecule has 2 aromatic rings. The van der Waals surface area contributed by atoms with Crippen LogP contribution in [-0.2, 0) is 7.05 Å². The lowest BCUT2D eigenvalue weighted by atomic mass is 10.1. The smallest absolute Gasteiger partial charge is 0.335 e. The number of carboxylic acids is 1. The lowest BCUT2D eigenvalue weighted by Crippen LogP contribution is -2.02. The Bertz CT molecular complexity index is 698. The number of benzene rings is 1. The normalized spacial score (nSPS) is 10.5. The first-order chi connectivity index (χ1) is 9.40. The highest BCUT2D eigenvalue weighted by molar-refractivity contribution is 7.99. The largest absolute Gasteiger partial charge is 0.478 e. The minimum atomic E-state index is -1.21. The molecule has 0 amide bonds. The number of nitrogens with zero attached hydrogens (tertiary/aromatic N) is 4. The zero-order chi connectivity index (χ0) is 14.9. The molecule has 0 unspecified atom stereocenters. The number of aromatic carboxylic acids is 1. The molecule has 1 aromatic heterocycles. The molecule has 0 saturated carbocycles. The predicted molar refractivity (Wildman–Crippen MR) is 69.9 cm³/mol. The van der Waals surface area contributed by atoms with Gasteiger partial charge in [-0.25, -0.2) is 4.79 Å². The van der Waals surface area contributed by atoms with Gasteiger partial charge in [0.05, 0.1) is 10.5 Å². The molecule has 1 aromatic carbocycles. The fraction of sp³-hybridized carbons (Fsp3) is 0.182. The third-order valence-electron chi connectivity index (χ3n) is 2.65. The summed E-state index contributed by atoms with van der Waals surface area (Å²) in [6.07, 6.45) is 1.49. The maximum Gasteiger partial charge on any atom is 0.335 e. The van der Waals surface area contributed by atoms with E-state index in [4.69, 9.17) is 5.11 Å². The second-order valence-corrected chi connectivity index (χ2v) is 5.02. The van der Waals surface area contributed by atoms with Gasteiger partial charge in [0.15, 0.2) is 5.16 Å². The van der Waals surface area contributed by atoms with Gasteiger partial charge < -0.3 is 9.67 Å². The second kappa shape index (κ2) is 5.29. The molecule has 0 aliphatic heterocycles. The van der Waals surface area contributed by atoms with Crippen LogP contribution in [0.2, 0.25) is 0 Å². The van der Waals surface area contributed by atoms with Gasteiger partial charge in [0.25, 0.3) is 5.69 Å². The van der Waals surface area contributed by atoms with Crippen LogP contribution in [0.4, 0.5) is 5.69 Å². The Hall–Kier alpha value is -2.42. The van der Waals surface area contributed by atoms with Crippen LogP contribution in [0.1, 0.15) is 15.9 Å². The molecule has 20 heavy (non-hydrogen) atoms. The second-order valence-electron chi connectivity index (χ2n) is 4.01. The van der Waals surface area contributed by atoms with Crippen LogP contribution in [-0.4, -0.2) is 30.8 Å². The Morgan fingerprint density at radius 3 is 2.70 bits per heavy atom. The van der Waals surface area contributed by atoms with Crippen LogP contribution < -0.4 is 0 Å². The van der Waals surface area contributed by atoms with Crippen LogP contribution in [0.5, 0.6) is 0 Å². The molecule has 0 aliphatic rings. The fourth-order valence-electron chi connectivity index (χ4n) is 1.56. The van der Waals surface area contributed by atoms with Gasteiger partial charge in [-0.15, -0.1) is 10.2 Å². The van der Waals surface area contributed by atoms with Gasteiger partial charge in [-0.3, -0.25) is 10.1 Å². The van der Waals surface area contributed by atoms with Gasteiger partial charge >= 0.3 is 5.97 Å². The lowest BCUT2D eigenvalue weighted by molar-refractivity contribution is -0.385. The number of carbonyl (C=O) groups is 1. The van der Waals surface area contributed by atoms with Gasteiger partial charge in [-0.2, -0.15) is 0 Å². The molecule has 0 bridgehead atoms. The van der Waals surface area contributed by atoms with E-state index in [1.54, 1.807) is 18.5 Å². The molecule has 0 fully saturated rings. The first-order valence-corrected chi connectivity index (χ1v) is 6.26. The average molecular weight is 294 g/mol. The van der Waals surface area contributed by atoms with E-state index in [0.717, 1.165) is 17.8 Å². The number of aryl methyl sites for hydroxylation is 1. The number of carboxylic acid groups (broad SMARTS) is 1. The van der Waals surface area contributed by atoms with Gasteiger partial charge in [0.2, 0.25) is 0 Å². The molecule has 0 spiro atoms. The number of aromatic nitrogens is 3. The number of hydrogen-bond donors (Lipinski definition) is 1. The fourth-order valence-corrected chi connectivity index (χ4v) is 2.47. The van der Waals surface area contributed by atoms with Crippen LogP contribution in [0.3, 0.4) is 0 Å². The van der Waals surface area contributed by atoms with E-state index in [9.17, 15) is 14.9 Å². The molecule has 8 nitrogen and oxygen atoms in total. The topological polar surface area (TPSA) is 111 Å². The highest BCUT2D eigenvalue weighted by Crippen LogP contribution is 2.34. The van der Waals surface area contributed by atoms with Crippen LogP contribution in [0, 0.1) is 17.0 Å². The number of hydrogen-bond acceptors (Lipinski definition) is 6. The first-order valence-electron chi connectivity index (χ1n) is 5.44. The standard InChI is InChI=1S/C11H10N4O4S/c1-6-8(15(18)19)3-7(10(16)17)4-9(6)20-11-13-12-5-14(11)2/h3-5H,1-2H3,(H,16,17). The average Bonchev–Trinajstić information content (AvgIpc) is 2.76. The Labute approximate surface area is 117 Å². The van der Waals surface area contributed by atoms with Crippen molar-refractivity contribution in [1.29, 1.82) is 0 Å². The molecule has 1 heterocycles. The van der Waals surface area contributed by atoms with Gasteiger partial charge in [0, 0.05) is 23.6 Å². The summed E-state index contributed by atoms with van der Waals surface area (Å²) in [4.78, 5) is 21.9. The van der Waals surface area contributed by atoms with Crippen molar-refractivity contribution >= 4 is 23.4 Å². The highest BCUT2D eigenvalue weighted by atomic mass is 32.2. The monoisotopic (exact) mass is 294 g/mol. The summed E-state index contributed by atoms with van der Waals surface area (Å²) in [6.45, 7) is 1.57. The summed E-state index contributed by atoms with van der Waals surface area (Å²) in [5, 5.41) is 28.1. The Kier molecular flexibility index (Phi) is 3.70. The molecular formula is C11H10N4O4S. The van der Waals surface area contributed by atoms with Crippen LogP contribution in [0.25, 0.3) is 0 Å². The summed E-state index contributed by atoms with van der Waals surface area (Å²) in [6, 6.07) is 2.45. The van der Waals surface area contributed by atoms with Crippen molar-refractivity contribution in [3.8, 4) is 0 Å². The van der Waals surface area contributed by atoms with Crippen molar-refractivity contribution in [2.45, 2.75) is 17.0 Å². The van der Waals surface area contributed by atoms with E-state index in [1.807, 2.05) is 0 Å². The SMILES string of the molecule is Cc1c(Sc2nncn2C)cc(C(=O)O)cc1[N+](=O)[O-]. The summed E-state index contributed by atoms with van der Waals surface area (Å²) in [7, 11) is 1.73. The van der Waals surface area contributed by atoms with Crippen molar-refractivity contribution < 1.29 is 14.8 Å². The van der Waals surface area contributed by atoms with Crippen molar-refractivity contribution in [2.75, 3.05) is 0 Å². The maximum absolute atomic E-state index is 11.0. The maximum atomic E-state index is 11.0. The zero-order valence-electron chi connectivity index (χ0n) is 10.6. The molecule has 2 rings (SSSR count). The predicted octanol–water partition coefficient (Wildman–Crippen LogP) is 1.88. The minimum absolute atomic E-state index is 0.132. The van der Waals surface area contributed by atoms with E-state index in [-0.39, 0.29) is 11.3 Å². The van der Waals surface area contributed by atoms with Gasteiger partial charge in [0.1, 0.15) is 6.33 Å². The summed E-state index contributed by atoms with van der Waals surface area (Å²) in [5.41, 5.74) is 0.0366. The molecule has 0 radical (unpaired) electrons. The van der Waals surface area contributed by atoms with E-state index in [2.05, 4.69) is 10.2 Å². The third-order valence-corrected chi connectivity index (χ3v) is 3.84. The van der Waals surface area contributed by atoms with Crippen molar-refractivity contribution in [1.82, 2.24) is 14.8 Å². The number of nitro groups is 1. The van der Waals surface area contributed by atoms with Gasteiger partial charge in [-0.05, 0) is 24.8 Å². The quantitative estimate of drug-likeness (QED) is 0.676. The van der Waals surface area contributed by atoms with E-state index in [1.165, 1.54) is 12.4 Å². The Balaban J connectivity index is 2.54. The van der Waals surface area contributed by atoms with Crippen molar-refractivity contribution in [3.63, 3.8) is 0 Å². The summed E-state index contributed by atoms with van der Waals surface area (Å²) in [5.74, 6) is -1.21. The van der Waals surface area contributed by atoms with Gasteiger partial charge in [-0.1, -0.05) is 0 Å². The van der Waals surface area contributed by atoms with E-state index >= 15 is 0 Å². The number of nitro benzene ring substituents is 1. The van der Waals surface area contributed by atoms with Crippen molar-refractivity contribution in [3.05, 3.63) is 39.7 Å².